The second-order valence-corrected chi connectivity index (χ2v) is 8.16. The van der Waals surface area contributed by atoms with Gasteiger partial charge in [0.05, 0.1) is 7.11 Å². The van der Waals surface area contributed by atoms with Crippen LogP contribution in [0.4, 0.5) is 0 Å². The number of nitrogens with zero attached hydrogens (tertiary/aromatic N) is 1. The third kappa shape index (κ3) is 3.60. The molecule has 1 atom stereocenters. The van der Waals surface area contributed by atoms with Gasteiger partial charge < -0.3 is 9.26 Å². The van der Waals surface area contributed by atoms with Crippen LogP contribution in [0.15, 0.2) is 27.6 Å². The van der Waals surface area contributed by atoms with Crippen LogP contribution in [0.5, 0.6) is 5.75 Å². The summed E-state index contributed by atoms with van der Waals surface area (Å²) in [7, 11) is -2.37. The lowest BCUT2D eigenvalue weighted by molar-refractivity contribution is -0.119. The van der Waals surface area contributed by atoms with Crippen molar-refractivity contribution >= 4 is 15.9 Å². The molecule has 0 saturated carbocycles. The molecule has 26 heavy (non-hydrogen) atoms. The zero-order valence-corrected chi connectivity index (χ0v) is 15.9. The molecule has 1 aromatic carbocycles. The van der Waals surface area contributed by atoms with Gasteiger partial charge in [0.15, 0.2) is 10.7 Å². The number of fused-ring (bicyclic) bond motifs is 1. The minimum absolute atomic E-state index is 0.00970. The maximum absolute atomic E-state index is 12.5. The third-order valence-corrected chi connectivity index (χ3v) is 6.32. The summed E-state index contributed by atoms with van der Waals surface area (Å²) in [5.41, 5.74) is 2.47. The van der Waals surface area contributed by atoms with Crippen molar-refractivity contribution in [1.29, 1.82) is 0 Å². The van der Waals surface area contributed by atoms with Crippen LogP contribution in [0.3, 0.4) is 0 Å². The first-order chi connectivity index (χ1) is 12.3. The van der Waals surface area contributed by atoms with Crippen molar-refractivity contribution in [2.75, 3.05) is 7.11 Å². The van der Waals surface area contributed by atoms with Gasteiger partial charge in [0.25, 0.3) is 10.0 Å². The Bertz CT molecular complexity index is 914. The summed E-state index contributed by atoms with van der Waals surface area (Å²) >= 11 is 0. The molecule has 0 aliphatic heterocycles. The quantitative estimate of drug-likeness (QED) is 0.859. The standard InChI is InChI=1S/C18H22N2O5S/c1-11-18(12(2)25-19-11)26(22,23)20-17(21)10-14-6-4-5-13-9-15(24-3)7-8-16(13)14/h7-9,14H,4-6,10H2,1-3H3,(H,20,21)/t14-/m0/s1. The monoisotopic (exact) mass is 378 g/mol. The van der Waals surface area contributed by atoms with Crippen LogP contribution in [-0.2, 0) is 21.2 Å². The average Bonchev–Trinajstić information content (AvgIpc) is 2.93. The minimum Gasteiger partial charge on any atom is -0.497 e. The zero-order valence-electron chi connectivity index (χ0n) is 15.0. The van der Waals surface area contributed by atoms with Crippen LogP contribution in [0.25, 0.3) is 0 Å². The van der Waals surface area contributed by atoms with Gasteiger partial charge in [-0.3, -0.25) is 4.79 Å². The van der Waals surface area contributed by atoms with Gasteiger partial charge in [0, 0.05) is 6.42 Å². The molecule has 140 valence electrons. The van der Waals surface area contributed by atoms with Gasteiger partial charge >= 0.3 is 0 Å². The highest BCUT2D eigenvalue weighted by atomic mass is 32.2. The van der Waals surface area contributed by atoms with Crippen molar-refractivity contribution in [3.05, 3.63) is 40.8 Å². The maximum atomic E-state index is 12.5. The van der Waals surface area contributed by atoms with Crippen LogP contribution in [-0.4, -0.2) is 26.6 Å². The number of nitrogens with one attached hydrogen (secondary N) is 1. The third-order valence-electron chi connectivity index (χ3n) is 4.71. The summed E-state index contributed by atoms with van der Waals surface area (Å²) in [6.07, 6.45) is 2.84. The lowest BCUT2D eigenvalue weighted by atomic mass is 9.81. The number of hydrogen-bond donors (Lipinski definition) is 1. The normalized spacial score (nSPS) is 16.8. The molecule has 2 aromatic rings. The van der Waals surface area contributed by atoms with Crippen molar-refractivity contribution in [2.24, 2.45) is 0 Å². The van der Waals surface area contributed by atoms with Crippen molar-refractivity contribution < 1.29 is 22.5 Å². The number of aryl methyl sites for hydroxylation is 3. The molecule has 0 saturated heterocycles. The van der Waals surface area contributed by atoms with E-state index in [-0.39, 0.29) is 28.7 Å². The number of amides is 1. The number of ether oxygens (including phenoxy) is 1. The molecular formula is C18H22N2O5S. The molecule has 7 nitrogen and oxygen atoms in total. The lowest BCUT2D eigenvalue weighted by Gasteiger charge is -2.25. The molecule has 1 aliphatic rings. The highest BCUT2D eigenvalue weighted by Gasteiger charge is 2.29. The van der Waals surface area contributed by atoms with Gasteiger partial charge in [0.1, 0.15) is 11.4 Å². The smallest absolute Gasteiger partial charge is 0.269 e. The number of carbonyl (C=O) groups excluding carboxylic acids is 1. The van der Waals surface area contributed by atoms with E-state index in [0.29, 0.717) is 0 Å². The average molecular weight is 378 g/mol. The van der Waals surface area contributed by atoms with Crippen LogP contribution in [0.2, 0.25) is 0 Å². The topological polar surface area (TPSA) is 98.5 Å². The second-order valence-electron chi connectivity index (χ2n) is 6.54. The first-order valence-corrected chi connectivity index (χ1v) is 9.95. The number of sulfonamides is 1. The number of carbonyl (C=O) groups is 1. The van der Waals surface area contributed by atoms with Crippen LogP contribution in [0, 0.1) is 13.8 Å². The van der Waals surface area contributed by atoms with E-state index in [0.717, 1.165) is 36.1 Å². The molecule has 1 aromatic heterocycles. The Hall–Kier alpha value is -2.35. The molecular weight excluding hydrogens is 356 g/mol. The van der Waals surface area contributed by atoms with Gasteiger partial charge in [-0.25, -0.2) is 13.1 Å². The fraction of sp³-hybridized carbons (Fsp3) is 0.444. The maximum Gasteiger partial charge on any atom is 0.269 e. The van der Waals surface area contributed by atoms with Crippen LogP contribution < -0.4 is 9.46 Å². The highest BCUT2D eigenvalue weighted by molar-refractivity contribution is 7.90. The first-order valence-electron chi connectivity index (χ1n) is 8.47. The van der Waals surface area contributed by atoms with Gasteiger partial charge in [-0.1, -0.05) is 11.2 Å². The largest absolute Gasteiger partial charge is 0.497 e. The van der Waals surface area contributed by atoms with E-state index in [4.69, 9.17) is 9.26 Å². The van der Waals surface area contributed by atoms with Gasteiger partial charge in [-0.2, -0.15) is 0 Å². The van der Waals surface area contributed by atoms with E-state index >= 15 is 0 Å². The molecule has 0 spiro atoms. The van der Waals surface area contributed by atoms with E-state index in [1.54, 1.807) is 7.11 Å². The number of methoxy groups -OCH3 is 1. The summed E-state index contributed by atoms with van der Waals surface area (Å²) in [6.45, 7) is 3.03. The Morgan fingerprint density at radius 3 is 2.81 bits per heavy atom. The molecule has 3 rings (SSSR count). The van der Waals surface area contributed by atoms with Gasteiger partial charge in [0.2, 0.25) is 5.91 Å². The summed E-state index contributed by atoms with van der Waals surface area (Å²) in [4.78, 5) is 12.3. The Labute approximate surface area is 152 Å². The van der Waals surface area contributed by atoms with Crippen molar-refractivity contribution in [2.45, 2.75) is 50.3 Å². The Kier molecular flexibility index (Phi) is 5.04. The van der Waals surface area contributed by atoms with Gasteiger partial charge in [-0.05, 0) is 62.3 Å². The lowest BCUT2D eigenvalue weighted by Crippen LogP contribution is -2.32. The predicted octanol–water partition coefficient (Wildman–Crippen LogP) is 2.62. The van der Waals surface area contributed by atoms with Crippen LogP contribution >= 0.6 is 0 Å². The molecule has 1 amide bonds. The molecule has 1 heterocycles. The molecule has 0 radical (unpaired) electrons. The number of benzene rings is 1. The number of rotatable bonds is 5. The molecule has 1 N–H and O–H groups in total. The zero-order chi connectivity index (χ0) is 18.9. The molecule has 0 fully saturated rings. The number of aromatic nitrogens is 1. The van der Waals surface area contributed by atoms with Gasteiger partial charge in [-0.15, -0.1) is 0 Å². The van der Waals surface area contributed by atoms with E-state index < -0.39 is 15.9 Å². The molecule has 0 bridgehead atoms. The molecule has 8 heteroatoms. The molecule has 0 unspecified atom stereocenters. The first kappa shape index (κ1) is 18.4. The molecule has 1 aliphatic carbocycles. The van der Waals surface area contributed by atoms with E-state index in [1.807, 2.05) is 18.2 Å². The summed E-state index contributed by atoms with van der Waals surface area (Å²) in [5, 5.41) is 3.63. The minimum atomic E-state index is -3.99. The summed E-state index contributed by atoms with van der Waals surface area (Å²) in [6, 6.07) is 5.82. The summed E-state index contributed by atoms with van der Waals surface area (Å²) in [5.74, 6) is 0.413. The second kappa shape index (κ2) is 7.11. The fourth-order valence-corrected chi connectivity index (χ4v) is 4.88. The Balaban J connectivity index is 1.76. The Morgan fingerprint density at radius 2 is 2.15 bits per heavy atom. The van der Waals surface area contributed by atoms with E-state index in [2.05, 4.69) is 9.88 Å². The van der Waals surface area contributed by atoms with E-state index in [1.165, 1.54) is 13.8 Å². The van der Waals surface area contributed by atoms with Crippen molar-refractivity contribution in [3.8, 4) is 5.75 Å². The summed E-state index contributed by atoms with van der Waals surface area (Å²) < 4.78 is 37.2. The van der Waals surface area contributed by atoms with Crippen molar-refractivity contribution in [1.82, 2.24) is 9.88 Å². The predicted molar refractivity (Wildman–Crippen MR) is 94.6 cm³/mol. The SMILES string of the molecule is COc1ccc2c(c1)CCC[C@H]2CC(=O)NS(=O)(=O)c1c(C)noc1C. The van der Waals surface area contributed by atoms with Crippen molar-refractivity contribution in [3.63, 3.8) is 0 Å². The number of hydrogen-bond acceptors (Lipinski definition) is 6. The fourth-order valence-electron chi connectivity index (χ4n) is 3.55. The van der Waals surface area contributed by atoms with Crippen LogP contribution in [0.1, 0.15) is 47.8 Å². The van der Waals surface area contributed by atoms with E-state index in [9.17, 15) is 13.2 Å². The Morgan fingerprint density at radius 1 is 1.38 bits per heavy atom. The highest BCUT2D eigenvalue weighted by Crippen LogP contribution is 2.35.